The molecule has 0 unspecified atom stereocenters. The lowest BCUT2D eigenvalue weighted by atomic mass is 10.0. The zero-order chi connectivity index (χ0) is 27.2. The summed E-state index contributed by atoms with van der Waals surface area (Å²) in [6, 6.07) is 5.27. The van der Waals surface area contributed by atoms with Gasteiger partial charge < -0.3 is 10.1 Å². The highest BCUT2D eigenvalue weighted by atomic mass is 19.1. The minimum atomic E-state index is -1.06. The third-order valence-corrected chi connectivity index (χ3v) is 5.55. The van der Waals surface area contributed by atoms with Gasteiger partial charge in [0, 0.05) is 30.4 Å². The summed E-state index contributed by atoms with van der Waals surface area (Å²) in [6.45, 7) is 3.96. The van der Waals surface area contributed by atoms with E-state index in [1.165, 1.54) is 18.0 Å². The minimum absolute atomic E-state index is 0.125. The molecule has 2 amide bonds. The molecule has 0 saturated heterocycles. The number of hydrogen-bond donors (Lipinski definition) is 3. The Morgan fingerprint density at radius 1 is 1.11 bits per heavy atom. The van der Waals surface area contributed by atoms with E-state index < -0.39 is 29.2 Å². The largest absolute Gasteiger partial charge is 0.449 e. The van der Waals surface area contributed by atoms with Crippen molar-refractivity contribution in [1.82, 2.24) is 25.1 Å². The molecule has 0 saturated carbocycles. The molecular weight excluding hydrogens is 500 g/mol. The van der Waals surface area contributed by atoms with Gasteiger partial charge in [0.15, 0.2) is 5.82 Å². The van der Waals surface area contributed by atoms with E-state index in [-0.39, 0.29) is 24.0 Å². The second-order valence-corrected chi connectivity index (χ2v) is 8.45. The van der Waals surface area contributed by atoms with Gasteiger partial charge in [-0.15, -0.1) is 0 Å². The number of benzene rings is 1. The van der Waals surface area contributed by atoms with Crippen LogP contribution in [0.25, 0.3) is 5.52 Å². The van der Waals surface area contributed by atoms with Crippen LogP contribution in [0.4, 0.5) is 30.8 Å². The number of carbonyl (C=O) groups excluding carboxylic acids is 2. The van der Waals surface area contributed by atoms with Crippen molar-refractivity contribution in [1.29, 1.82) is 0 Å². The molecular formula is C25H25F2N7O4. The quantitative estimate of drug-likeness (QED) is 0.275. The maximum absolute atomic E-state index is 14.7. The first-order valence-electron chi connectivity index (χ1n) is 11.6. The fourth-order valence-electron chi connectivity index (χ4n) is 3.86. The highest BCUT2D eigenvalue weighted by molar-refractivity contribution is 5.95. The van der Waals surface area contributed by atoms with Crippen molar-refractivity contribution in [3.05, 3.63) is 77.5 Å². The molecule has 0 bridgehead atoms. The van der Waals surface area contributed by atoms with E-state index >= 15 is 0 Å². The van der Waals surface area contributed by atoms with Crippen LogP contribution in [-0.4, -0.2) is 45.3 Å². The molecule has 4 rings (SSSR count). The maximum atomic E-state index is 14.7. The van der Waals surface area contributed by atoms with E-state index in [9.17, 15) is 18.4 Å². The van der Waals surface area contributed by atoms with Gasteiger partial charge in [-0.05, 0) is 29.7 Å². The van der Waals surface area contributed by atoms with E-state index in [1.807, 2.05) is 31.5 Å². The molecule has 11 nitrogen and oxygen atoms in total. The number of nitrogens with zero attached hydrogens (tertiary/aromatic N) is 4. The molecule has 0 spiro atoms. The van der Waals surface area contributed by atoms with Gasteiger partial charge in [-0.1, -0.05) is 13.8 Å². The number of pyridine rings is 1. The molecule has 38 heavy (non-hydrogen) atoms. The normalized spacial score (nSPS) is 11.0. The third-order valence-electron chi connectivity index (χ3n) is 5.55. The predicted octanol–water partition coefficient (Wildman–Crippen LogP) is 4.35. The van der Waals surface area contributed by atoms with Crippen LogP contribution < -0.4 is 16.1 Å². The van der Waals surface area contributed by atoms with Gasteiger partial charge in [-0.3, -0.25) is 19.9 Å². The Hall–Kier alpha value is -4.65. The Balaban J connectivity index is 1.60. The number of hydrogen-bond acceptors (Lipinski definition) is 8. The van der Waals surface area contributed by atoms with E-state index in [0.717, 1.165) is 11.6 Å². The minimum Gasteiger partial charge on any atom is -0.449 e. The zero-order valence-corrected chi connectivity index (χ0v) is 20.8. The van der Waals surface area contributed by atoms with Crippen molar-refractivity contribution in [3.8, 4) is 0 Å². The van der Waals surface area contributed by atoms with Gasteiger partial charge in [0.05, 0.1) is 36.9 Å². The second kappa shape index (κ2) is 11.6. The number of amides is 2. The molecule has 1 aromatic carbocycles. The summed E-state index contributed by atoms with van der Waals surface area (Å²) in [6.07, 6.45) is 6.01. The molecule has 0 aliphatic rings. The number of hydroxylamine groups is 1. The van der Waals surface area contributed by atoms with Crippen LogP contribution in [0.5, 0.6) is 0 Å². The van der Waals surface area contributed by atoms with E-state index in [1.54, 1.807) is 18.6 Å². The topological polar surface area (TPSA) is 132 Å². The molecule has 0 radical (unpaired) electrons. The molecule has 3 heterocycles. The number of ether oxygens (including phenoxy) is 1. The Bertz CT molecular complexity index is 1460. The molecule has 3 aromatic heterocycles. The van der Waals surface area contributed by atoms with Crippen LogP contribution in [0, 0.1) is 11.6 Å². The Morgan fingerprint density at radius 3 is 2.58 bits per heavy atom. The fraction of sp³-hybridized carbons (Fsp3) is 0.240. The van der Waals surface area contributed by atoms with Crippen molar-refractivity contribution in [3.63, 3.8) is 0 Å². The van der Waals surface area contributed by atoms with Gasteiger partial charge in [-0.25, -0.2) is 28.6 Å². The lowest BCUT2D eigenvalue weighted by Crippen LogP contribution is -2.23. The summed E-state index contributed by atoms with van der Waals surface area (Å²) in [5.41, 5.74) is 3.87. The predicted molar refractivity (Wildman–Crippen MR) is 134 cm³/mol. The van der Waals surface area contributed by atoms with Crippen LogP contribution >= 0.6 is 0 Å². The second-order valence-electron chi connectivity index (χ2n) is 8.45. The SMILES string of the molecule is CONC(=O)c1cc(Nc2ncnn3cc(NC(=O)OCCc4ccncc4)c(C(C)C)c23)c(F)cc1F. The first kappa shape index (κ1) is 26.4. The monoisotopic (exact) mass is 525 g/mol. The molecule has 0 atom stereocenters. The number of carbonyl (C=O) groups is 2. The number of halogens is 2. The lowest BCUT2D eigenvalue weighted by Gasteiger charge is -2.14. The number of aromatic nitrogens is 4. The summed E-state index contributed by atoms with van der Waals surface area (Å²) in [4.78, 5) is 37.3. The first-order chi connectivity index (χ1) is 18.3. The van der Waals surface area contributed by atoms with Crippen LogP contribution in [-0.2, 0) is 16.0 Å². The number of nitrogens with one attached hydrogen (secondary N) is 3. The van der Waals surface area contributed by atoms with Crippen molar-refractivity contribution in [2.75, 3.05) is 24.4 Å². The number of fused-ring (bicyclic) bond motifs is 1. The van der Waals surface area contributed by atoms with Gasteiger partial charge in [-0.2, -0.15) is 5.10 Å². The molecule has 0 fully saturated rings. The molecule has 4 aromatic rings. The first-order valence-corrected chi connectivity index (χ1v) is 11.6. The van der Waals surface area contributed by atoms with Gasteiger partial charge in [0.2, 0.25) is 0 Å². The molecule has 13 heteroatoms. The standard InChI is InChI=1S/C25H25F2N7O4/c1-14(2)21-20(32-25(36)38-9-6-15-4-7-28-8-5-15)12-34-22(21)23(29-13-30-34)31-19-10-16(24(35)33-37-3)17(26)11-18(19)27/h4-5,7-8,10-14H,6,9H2,1-3H3,(H,32,36)(H,33,35)(H,29,30,31). The smallest absolute Gasteiger partial charge is 0.411 e. The van der Waals surface area contributed by atoms with E-state index in [0.29, 0.717) is 29.3 Å². The van der Waals surface area contributed by atoms with Crippen molar-refractivity contribution < 1.29 is 27.9 Å². The molecule has 0 aliphatic carbocycles. The van der Waals surface area contributed by atoms with Gasteiger partial charge >= 0.3 is 6.09 Å². The molecule has 0 aliphatic heterocycles. The maximum Gasteiger partial charge on any atom is 0.411 e. The van der Waals surface area contributed by atoms with Crippen LogP contribution in [0.15, 0.2) is 49.2 Å². The Labute approximate surface area is 216 Å². The van der Waals surface area contributed by atoms with Crippen LogP contribution in [0.1, 0.15) is 41.3 Å². The summed E-state index contributed by atoms with van der Waals surface area (Å²) in [7, 11) is 1.19. The fourth-order valence-corrected chi connectivity index (χ4v) is 3.86. The highest BCUT2D eigenvalue weighted by Gasteiger charge is 2.22. The van der Waals surface area contributed by atoms with E-state index in [2.05, 4.69) is 30.5 Å². The average Bonchev–Trinajstić information content (AvgIpc) is 3.25. The van der Waals surface area contributed by atoms with Crippen LogP contribution in [0.2, 0.25) is 0 Å². The highest BCUT2D eigenvalue weighted by Crippen LogP contribution is 2.35. The number of rotatable bonds is 9. The summed E-state index contributed by atoms with van der Waals surface area (Å²) in [5.74, 6) is -2.84. The molecule has 198 valence electrons. The van der Waals surface area contributed by atoms with E-state index in [4.69, 9.17) is 4.74 Å². The summed E-state index contributed by atoms with van der Waals surface area (Å²) < 4.78 is 35.7. The third kappa shape index (κ3) is 5.83. The van der Waals surface area contributed by atoms with Crippen LogP contribution in [0.3, 0.4) is 0 Å². The zero-order valence-electron chi connectivity index (χ0n) is 20.8. The molecule has 3 N–H and O–H groups in total. The lowest BCUT2D eigenvalue weighted by molar-refractivity contribution is 0.0533. The summed E-state index contributed by atoms with van der Waals surface area (Å²) in [5, 5.41) is 9.74. The number of anilines is 3. The Kier molecular flexibility index (Phi) is 8.06. The summed E-state index contributed by atoms with van der Waals surface area (Å²) >= 11 is 0. The van der Waals surface area contributed by atoms with Gasteiger partial charge in [0.25, 0.3) is 5.91 Å². The van der Waals surface area contributed by atoms with Crippen molar-refractivity contribution in [2.24, 2.45) is 0 Å². The van der Waals surface area contributed by atoms with Crippen molar-refractivity contribution >= 4 is 34.7 Å². The average molecular weight is 526 g/mol. The Morgan fingerprint density at radius 2 is 1.87 bits per heavy atom. The van der Waals surface area contributed by atoms with Gasteiger partial charge in [0.1, 0.15) is 23.5 Å². The van der Waals surface area contributed by atoms with Crippen molar-refractivity contribution in [2.45, 2.75) is 26.2 Å².